The smallest absolute Gasteiger partial charge is 0.386 e. The summed E-state index contributed by atoms with van der Waals surface area (Å²) >= 11 is 0. The van der Waals surface area contributed by atoms with Crippen LogP contribution >= 0.6 is 0 Å². The average Bonchev–Trinajstić information content (AvgIpc) is 3.01. The number of nitrogens with one attached hydrogen (secondary N) is 1. The van der Waals surface area contributed by atoms with Gasteiger partial charge in [0.2, 0.25) is 0 Å². The summed E-state index contributed by atoms with van der Waals surface area (Å²) < 4.78 is 34.8. The number of urea groups is 1. The summed E-state index contributed by atoms with van der Waals surface area (Å²) in [5.41, 5.74) is 6.05. The molecule has 2 bridgehead atoms. The third kappa shape index (κ3) is 3.02. The second-order valence-corrected chi connectivity index (χ2v) is 6.72. The first-order chi connectivity index (χ1) is 10.3. The summed E-state index contributed by atoms with van der Waals surface area (Å²) in [6, 6.07) is -1.28. The number of fused-ring (bicyclic) bond motifs is 2. The molecule has 3 rings (SSSR count). The molecule has 3 saturated heterocycles. The lowest BCUT2D eigenvalue weighted by molar-refractivity contribution is -0.0316. The molecule has 11 heteroatoms. The molecule has 22 heavy (non-hydrogen) atoms. The van der Waals surface area contributed by atoms with Gasteiger partial charge in [-0.1, -0.05) is 0 Å². The van der Waals surface area contributed by atoms with Crippen LogP contribution in [0.1, 0.15) is 19.3 Å². The topological polar surface area (TPSA) is 138 Å². The van der Waals surface area contributed by atoms with Crippen LogP contribution < -0.4 is 11.1 Å². The number of amides is 2. The first kappa shape index (κ1) is 15.5. The number of nitrogens with two attached hydrogens (primary N) is 1. The molecule has 0 aromatic carbocycles. The summed E-state index contributed by atoms with van der Waals surface area (Å²) in [6.07, 6.45) is 2.01. The molecule has 0 aliphatic carbocycles. The van der Waals surface area contributed by atoms with Crippen molar-refractivity contribution in [2.24, 2.45) is 10.7 Å². The molecule has 0 spiro atoms. The monoisotopic (exact) mass is 333 g/mol. The molecule has 0 radical (unpaired) electrons. The molecule has 0 unspecified atom stereocenters. The van der Waals surface area contributed by atoms with E-state index in [4.69, 9.17) is 10.3 Å². The first-order valence-electron chi connectivity index (χ1n) is 7.16. The molecule has 0 aromatic rings. The third-order valence-corrected chi connectivity index (χ3v) is 4.55. The third-order valence-electron chi connectivity index (χ3n) is 4.20. The number of hydrogen-bond donors (Lipinski definition) is 3. The van der Waals surface area contributed by atoms with Crippen molar-refractivity contribution in [2.45, 2.75) is 37.4 Å². The Morgan fingerprint density at radius 2 is 2.18 bits per heavy atom. The summed E-state index contributed by atoms with van der Waals surface area (Å²) in [5, 5.41) is 3.90. The van der Waals surface area contributed by atoms with Gasteiger partial charge >= 0.3 is 16.4 Å². The highest BCUT2D eigenvalue weighted by molar-refractivity contribution is 7.80. The van der Waals surface area contributed by atoms with E-state index in [2.05, 4.69) is 14.6 Å². The molecule has 3 atom stereocenters. The minimum absolute atomic E-state index is 0.112. The highest BCUT2D eigenvalue weighted by atomic mass is 32.3. The molecule has 124 valence electrons. The Morgan fingerprint density at radius 3 is 2.82 bits per heavy atom. The van der Waals surface area contributed by atoms with Crippen molar-refractivity contribution in [3.05, 3.63) is 0 Å². The normalized spacial score (nSPS) is 32.9. The van der Waals surface area contributed by atoms with Gasteiger partial charge in [0.05, 0.1) is 18.1 Å². The fourth-order valence-electron chi connectivity index (χ4n) is 3.19. The van der Waals surface area contributed by atoms with Crippen LogP contribution in [-0.4, -0.2) is 72.6 Å². The molecular formula is C11H19N5O5S. The molecule has 4 N–H and O–H groups in total. The quantitative estimate of drug-likeness (QED) is 0.330. The van der Waals surface area contributed by atoms with Crippen molar-refractivity contribution >= 4 is 22.3 Å². The summed E-state index contributed by atoms with van der Waals surface area (Å²) in [7, 11) is -4.73. The standard InChI is InChI=1S/C11H19N5O5S/c12-10(14-7-3-4-13-5-7)9-2-1-8-6-15(9)11(17)16(8)21-22(18,19)20/h7-9,13H,1-6H2,(H2,12,14)(H,18,19,20)/t7-,8+,9-/m0/s1. The van der Waals surface area contributed by atoms with Crippen molar-refractivity contribution in [3.8, 4) is 0 Å². The second kappa shape index (κ2) is 5.65. The van der Waals surface area contributed by atoms with Gasteiger partial charge in [-0.3, -0.25) is 9.55 Å². The fourth-order valence-corrected chi connectivity index (χ4v) is 3.57. The van der Waals surface area contributed by atoms with Crippen LogP contribution in [0.15, 0.2) is 4.99 Å². The summed E-state index contributed by atoms with van der Waals surface area (Å²) in [4.78, 5) is 18.2. The van der Waals surface area contributed by atoms with E-state index in [1.165, 1.54) is 4.90 Å². The van der Waals surface area contributed by atoms with Gasteiger partial charge in [0.25, 0.3) is 0 Å². The van der Waals surface area contributed by atoms with E-state index >= 15 is 0 Å². The number of aliphatic imine (C=N–C) groups is 1. The molecule has 3 aliphatic rings. The van der Waals surface area contributed by atoms with E-state index in [1.54, 1.807) is 0 Å². The molecule has 3 aliphatic heterocycles. The van der Waals surface area contributed by atoms with E-state index in [-0.39, 0.29) is 12.1 Å². The van der Waals surface area contributed by atoms with Crippen LogP contribution in [0.4, 0.5) is 4.79 Å². The molecule has 3 heterocycles. The number of carbonyl (C=O) groups is 1. The van der Waals surface area contributed by atoms with Gasteiger partial charge in [-0.25, -0.2) is 4.79 Å². The van der Waals surface area contributed by atoms with E-state index in [1.807, 2.05) is 0 Å². The SMILES string of the molecule is NC(=N[C@H]1CCNC1)[C@@H]1CC[C@@H]2CN1C(=O)N2OS(=O)(=O)O. The van der Waals surface area contributed by atoms with E-state index in [0.717, 1.165) is 19.5 Å². The molecule has 0 saturated carbocycles. The summed E-state index contributed by atoms with van der Waals surface area (Å²) in [5.74, 6) is 0.384. The van der Waals surface area contributed by atoms with Crippen molar-refractivity contribution in [3.63, 3.8) is 0 Å². The molecule has 2 amide bonds. The Bertz CT molecular complexity index is 588. The highest BCUT2D eigenvalue weighted by Gasteiger charge is 2.48. The van der Waals surface area contributed by atoms with Gasteiger partial charge in [-0.05, 0) is 25.8 Å². The van der Waals surface area contributed by atoms with E-state index in [9.17, 15) is 13.2 Å². The van der Waals surface area contributed by atoms with E-state index in [0.29, 0.717) is 30.3 Å². The maximum Gasteiger partial charge on any atom is 0.418 e. The van der Waals surface area contributed by atoms with Crippen LogP contribution in [-0.2, 0) is 14.7 Å². The molecule has 10 nitrogen and oxygen atoms in total. The highest BCUT2D eigenvalue weighted by Crippen LogP contribution is 2.30. The molecular weight excluding hydrogens is 314 g/mol. The van der Waals surface area contributed by atoms with Crippen LogP contribution in [0.5, 0.6) is 0 Å². The van der Waals surface area contributed by atoms with E-state index < -0.39 is 22.5 Å². The van der Waals surface area contributed by atoms with Crippen molar-refractivity contribution in [1.29, 1.82) is 0 Å². The first-order valence-corrected chi connectivity index (χ1v) is 8.52. The molecule has 0 aromatic heterocycles. The number of amidine groups is 1. The van der Waals surface area contributed by atoms with Gasteiger partial charge in [0, 0.05) is 13.1 Å². The molecule has 3 fully saturated rings. The second-order valence-electron chi connectivity index (χ2n) is 5.71. The average molecular weight is 333 g/mol. The Kier molecular flexibility index (Phi) is 3.97. The lowest BCUT2D eigenvalue weighted by Crippen LogP contribution is -2.48. The predicted octanol–water partition coefficient (Wildman–Crippen LogP) is -1.29. The van der Waals surface area contributed by atoms with Crippen molar-refractivity contribution < 1.29 is 22.0 Å². The maximum absolute atomic E-state index is 12.2. The maximum atomic E-state index is 12.2. The zero-order chi connectivity index (χ0) is 15.9. The van der Waals surface area contributed by atoms with Gasteiger partial charge in [-0.2, -0.15) is 13.5 Å². The summed E-state index contributed by atoms with van der Waals surface area (Å²) in [6.45, 7) is 1.97. The van der Waals surface area contributed by atoms with Crippen molar-refractivity contribution in [1.82, 2.24) is 15.3 Å². The van der Waals surface area contributed by atoms with Gasteiger partial charge in [-0.15, -0.1) is 4.28 Å². The largest absolute Gasteiger partial charge is 0.418 e. The van der Waals surface area contributed by atoms with Gasteiger partial charge in [0.1, 0.15) is 5.84 Å². The zero-order valence-electron chi connectivity index (χ0n) is 11.9. The minimum Gasteiger partial charge on any atom is -0.386 e. The van der Waals surface area contributed by atoms with Crippen LogP contribution in [0.25, 0.3) is 0 Å². The fraction of sp³-hybridized carbons (Fsp3) is 0.818. The number of hydrogen-bond acceptors (Lipinski definition) is 6. The lowest BCUT2D eigenvalue weighted by Gasteiger charge is -2.30. The number of rotatable bonds is 4. The Balaban J connectivity index is 1.73. The minimum atomic E-state index is -4.73. The number of hydroxylamine groups is 2. The number of piperidine rings is 1. The lowest BCUT2D eigenvalue weighted by atomic mass is 10.00. The van der Waals surface area contributed by atoms with Gasteiger partial charge < -0.3 is 16.0 Å². The Labute approximate surface area is 128 Å². The van der Waals surface area contributed by atoms with Gasteiger partial charge in [0.15, 0.2) is 0 Å². The van der Waals surface area contributed by atoms with Crippen molar-refractivity contribution in [2.75, 3.05) is 19.6 Å². The Hall–Kier alpha value is -1.43. The van der Waals surface area contributed by atoms with Crippen LogP contribution in [0, 0.1) is 0 Å². The zero-order valence-corrected chi connectivity index (χ0v) is 12.7. The predicted molar refractivity (Wildman–Crippen MR) is 76.3 cm³/mol. The number of nitrogens with zero attached hydrogens (tertiary/aromatic N) is 3. The Morgan fingerprint density at radius 1 is 1.41 bits per heavy atom. The van der Waals surface area contributed by atoms with Crippen LogP contribution in [0.2, 0.25) is 0 Å². The number of carbonyl (C=O) groups excluding carboxylic acids is 1. The van der Waals surface area contributed by atoms with Crippen LogP contribution in [0.3, 0.4) is 0 Å².